The molecular weight excluding hydrogens is 376 g/mol. The summed E-state index contributed by atoms with van der Waals surface area (Å²) in [5, 5.41) is 6.08. The molecule has 2 aromatic rings. The van der Waals surface area contributed by atoms with E-state index in [-0.39, 0.29) is 17.6 Å². The van der Waals surface area contributed by atoms with Crippen molar-refractivity contribution in [2.24, 2.45) is 0 Å². The Morgan fingerprint density at radius 2 is 1.97 bits per heavy atom. The van der Waals surface area contributed by atoms with Gasteiger partial charge in [0.05, 0.1) is 12.7 Å². The van der Waals surface area contributed by atoms with Gasteiger partial charge < -0.3 is 20.3 Å². The van der Waals surface area contributed by atoms with Gasteiger partial charge in [0, 0.05) is 37.8 Å². The fourth-order valence-corrected chi connectivity index (χ4v) is 4.64. The van der Waals surface area contributed by atoms with Crippen LogP contribution in [0.2, 0.25) is 0 Å². The van der Waals surface area contributed by atoms with Crippen molar-refractivity contribution in [2.45, 2.75) is 50.7 Å². The highest BCUT2D eigenvalue weighted by Crippen LogP contribution is 2.40. The maximum atomic E-state index is 12.4. The van der Waals surface area contributed by atoms with Gasteiger partial charge >= 0.3 is 6.03 Å². The molecule has 30 heavy (non-hydrogen) atoms. The number of ether oxygens (including phenoxy) is 1. The molecule has 0 radical (unpaired) electrons. The molecule has 1 aliphatic heterocycles. The van der Waals surface area contributed by atoms with Crippen molar-refractivity contribution in [3.05, 3.63) is 59.8 Å². The first kappa shape index (κ1) is 20.7. The largest absolute Gasteiger partial charge is 0.375 e. The van der Waals surface area contributed by atoms with E-state index in [0.29, 0.717) is 13.1 Å². The molecule has 2 amide bonds. The normalized spacial score (nSPS) is 20.7. The first-order chi connectivity index (χ1) is 14.6. The van der Waals surface area contributed by atoms with E-state index >= 15 is 0 Å². The lowest BCUT2D eigenvalue weighted by molar-refractivity contribution is 0.0529. The number of hydrogen-bond acceptors (Lipinski definition) is 4. The van der Waals surface area contributed by atoms with E-state index in [4.69, 9.17) is 4.74 Å². The second kappa shape index (κ2) is 9.47. The van der Waals surface area contributed by atoms with Gasteiger partial charge in [0.25, 0.3) is 0 Å². The highest BCUT2D eigenvalue weighted by molar-refractivity contribution is 5.74. The zero-order chi connectivity index (χ0) is 20.8. The van der Waals surface area contributed by atoms with Gasteiger partial charge in [0.2, 0.25) is 0 Å². The number of benzene rings is 1. The predicted octanol–water partition coefficient (Wildman–Crippen LogP) is 3.62. The van der Waals surface area contributed by atoms with Crippen LogP contribution in [0.4, 0.5) is 10.6 Å². The van der Waals surface area contributed by atoms with Crippen molar-refractivity contribution in [3.63, 3.8) is 0 Å². The van der Waals surface area contributed by atoms with E-state index in [1.165, 1.54) is 18.4 Å². The Morgan fingerprint density at radius 3 is 2.67 bits per heavy atom. The van der Waals surface area contributed by atoms with Gasteiger partial charge in [-0.05, 0) is 37.0 Å². The van der Waals surface area contributed by atoms with Crippen LogP contribution in [0.5, 0.6) is 0 Å². The van der Waals surface area contributed by atoms with Crippen LogP contribution in [0.25, 0.3) is 0 Å². The fraction of sp³-hybridized carbons (Fsp3) is 0.500. The van der Waals surface area contributed by atoms with Gasteiger partial charge in [0.15, 0.2) is 0 Å². The Labute approximate surface area is 179 Å². The average Bonchev–Trinajstić information content (AvgIpc) is 3.27. The van der Waals surface area contributed by atoms with Crippen LogP contribution in [0.3, 0.4) is 0 Å². The Hall–Kier alpha value is -2.60. The first-order valence-corrected chi connectivity index (χ1v) is 11.0. The second-order valence-electron chi connectivity index (χ2n) is 8.54. The summed E-state index contributed by atoms with van der Waals surface area (Å²) in [5.41, 5.74) is 2.39. The molecule has 160 valence electrons. The van der Waals surface area contributed by atoms with Crippen LogP contribution >= 0.6 is 0 Å². The van der Waals surface area contributed by atoms with Crippen molar-refractivity contribution >= 4 is 11.8 Å². The minimum Gasteiger partial charge on any atom is -0.375 e. The molecule has 2 N–H and O–H groups in total. The summed E-state index contributed by atoms with van der Waals surface area (Å²) in [6.07, 6.45) is 6.77. The molecule has 1 aromatic heterocycles. The number of anilines is 1. The van der Waals surface area contributed by atoms with Crippen molar-refractivity contribution in [1.29, 1.82) is 0 Å². The lowest BCUT2D eigenvalue weighted by Gasteiger charge is -2.32. The Balaban J connectivity index is 1.27. The van der Waals surface area contributed by atoms with Gasteiger partial charge in [0.1, 0.15) is 5.82 Å². The molecule has 1 atom stereocenters. The van der Waals surface area contributed by atoms with Gasteiger partial charge in [-0.1, -0.05) is 49.2 Å². The van der Waals surface area contributed by atoms with Crippen LogP contribution in [0, 0.1) is 0 Å². The molecular formula is C24H32N4O2. The lowest BCUT2D eigenvalue weighted by Crippen LogP contribution is -2.43. The van der Waals surface area contributed by atoms with E-state index < -0.39 is 0 Å². The summed E-state index contributed by atoms with van der Waals surface area (Å²) < 4.78 is 5.59. The molecule has 1 aromatic carbocycles. The minimum atomic E-state index is -0.122. The number of urea groups is 1. The quantitative estimate of drug-likeness (QED) is 0.766. The van der Waals surface area contributed by atoms with E-state index in [1.54, 1.807) is 0 Å². The maximum absolute atomic E-state index is 12.4. The molecule has 1 aliphatic carbocycles. The number of rotatable bonds is 6. The second-order valence-corrected chi connectivity index (χ2v) is 8.54. The van der Waals surface area contributed by atoms with Gasteiger partial charge in [-0.3, -0.25) is 0 Å². The molecule has 6 nitrogen and oxygen atoms in total. The molecule has 0 bridgehead atoms. The van der Waals surface area contributed by atoms with Crippen molar-refractivity contribution < 1.29 is 9.53 Å². The number of nitrogens with zero attached hydrogens (tertiary/aromatic N) is 2. The van der Waals surface area contributed by atoms with Crippen LogP contribution < -0.4 is 15.5 Å². The van der Waals surface area contributed by atoms with Crippen LogP contribution in [-0.2, 0) is 16.7 Å². The number of carbonyl (C=O) groups is 1. The van der Waals surface area contributed by atoms with E-state index in [2.05, 4.69) is 51.7 Å². The number of aromatic nitrogens is 1. The third kappa shape index (κ3) is 4.93. The average molecular weight is 409 g/mol. The molecule has 2 fully saturated rings. The number of morpholine rings is 1. The monoisotopic (exact) mass is 408 g/mol. The molecule has 1 saturated carbocycles. The summed E-state index contributed by atoms with van der Waals surface area (Å²) in [6, 6.07) is 14.5. The van der Waals surface area contributed by atoms with Crippen LogP contribution in [0.1, 0.15) is 43.7 Å². The summed E-state index contributed by atoms with van der Waals surface area (Å²) in [5.74, 6) is 0.962. The number of nitrogens with one attached hydrogen (secondary N) is 2. The van der Waals surface area contributed by atoms with Crippen LogP contribution in [0.15, 0.2) is 48.7 Å². The molecule has 2 heterocycles. The Kier molecular flexibility index (Phi) is 6.53. The van der Waals surface area contributed by atoms with E-state index in [0.717, 1.165) is 43.9 Å². The SMILES string of the molecule is CC1CN(c2ccc(CNC(=O)NCC3(c4ccccc4)CCCC3)cn2)CCO1. The van der Waals surface area contributed by atoms with Crippen molar-refractivity contribution in [2.75, 3.05) is 31.1 Å². The number of amides is 2. The highest BCUT2D eigenvalue weighted by Gasteiger charge is 2.35. The first-order valence-electron chi connectivity index (χ1n) is 11.0. The third-order valence-corrected chi connectivity index (χ3v) is 6.36. The molecule has 6 heteroatoms. The highest BCUT2D eigenvalue weighted by atomic mass is 16.5. The summed E-state index contributed by atoms with van der Waals surface area (Å²) in [6.45, 7) is 5.68. The molecule has 1 saturated heterocycles. The number of hydrogen-bond donors (Lipinski definition) is 2. The third-order valence-electron chi connectivity index (χ3n) is 6.36. The molecule has 1 unspecified atom stereocenters. The fourth-order valence-electron chi connectivity index (χ4n) is 4.64. The van der Waals surface area contributed by atoms with Crippen LogP contribution in [-0.4, -0.2) is 43.4 Å². The molecule has 2 aliphatic rings. The van der Waals surface area contributed by atoms with Gasteiger partial charge in [-0.25, -0.2) is 9.78 Å². The lowest BCUT2D eigenvalue weighted by atomic mass is 9.79. The zero-order valence-electron chi connectivity index (χ0n) is 17.8. The van der Waals surface area contributed by atoms with Gasteiger partial charge in [-0.15, -0.1) is 0 Å². The minimum absolute atomic E-state index is 0.0666. The van der Waals surface area contributed by atoms with E-state index in [1.807, 2.05) is 24.4 Å². The summed E-state index contributed by atoms with van der Waals surface area (Å²) in [4.78, 5) is 19.2. The Morgan fingerprint density at radius 1 is 1.17 bits per heavy atom. The summed E-state index contributed by atoms with van der Waals surface area (Å²) in [7, 11) is 0. The Bertz CT molecular complexity index is 819. The number of carbonyl (C=O) groups excluding carboxylic acids is 1. The molecule has 0 spiro atoms. The number of pyridine rings is 1. The molecule has 4 rings (SSSR count). The standard InChI is InChI=1S/C24H32N4O2/c1-19-17-28(13-14-30-19)22-10-9-20(15-25-22)16-26-23(29)27-18-24(11-5-6-12-24)21-7-3-2-4-8-21/h2-4,7-10,15,19H,5-6,11-14,16-18H2,1H3,(H2,26,27,29). The topological polar surface area (TPSA) is 66.5 Å². The van der Waals surface area contributed by atoms with Crippen molar-refractivity contribution in [3.8, 4) is 0 Å². The zero-order valence-corrected chi connectivity index (χ0v) is 17.8. The predicted molar refractivity (Wildman–Crippen MR) is 119 cm³/mol. The van der Waals surface area contributed by atoms with Crippen molar-refractivity contribution in [1.82, 2.24) is 15.6 Å². The van der Waals surface area contributed by atoms with E-state index in [9.17, 15) is 4.79 Å². The van der Waals surface area contributed by atoms with Gasteiger partial charge in [-0.2, -0.15) is 0 Å². The summed E-state index contributed by atoms with van der Waals surface area (Å²) >= 11 is 0. The maximum Gasteiger partial charge on any atom is 0.315 e. The smallest absolute Gasteiger partial charge is 0.315 e.